The first-order valence-corrected chi connectivity index (χ1v) is 9.53. The highest BCUT2D eigenvalue weighted by Gasteiger charge is 2.22. The summed E-state index contributed by atoms with van der Waals surface area (Å²) in [5, 5.41) is 3.17. The largest absolute Gasteiger partial charge is 0.346 e. The van der Waals surface area contributed by atoms with E-state index >= 15 is 0 Å². The summed E-state index contributed by atoms with van der Waals surface area (Å²) in [6, 6.07) is 8.53. The van der Waals surface area contributed by atoms with E-state index in [-0.39, 0.29) is 18.4 Å². The topological polar surface area (TPSA) is 49.4 Å². The molecule has 2 aliphatic rings. The Morgan fingerprint density at radius 2 is 1.96 bits per heavy atom. The molecule has 0 radical (unpaired) electrons. The van der Waals surface area contributed by atoms with Gasteiger partial charge >= 0.3 is 0 Å². The molecule has 1 heterocycles. The number of hydrogen-bond donors (Lipinski definition) is 1. The van der Waals surface area contributed by atoms with Crippen molar-refractivity contribution in [2.24, 2.45) is 0 Å². The second-order valence-corrected chi connectivity index (χ2v) is 7.45. The summed E-state index contributed by atoms with van der Waals surface area (Å²) in [6.45, 7) is 1.81. The molecule has 1 N–H and O–H groups in total. The Balaban J connectivity index is 1.43. The van der Waals surface area contributed by atoms with Crippen LogP contribution in [0.15, 0.2) is 24.3 Å². The molecule has 0 saturated carbocycles. The number of likely N-dealkylation sites (tertiary alicyclic amines) is 1. The second kappa shape index (κ2) is 7.86. The molecule has 1 aliphatic carbocycles. The number of nitrogens with one attached hydrogen (secondary N) is 1. The van der Waals surface area contributed by atoms with E-state index in [1.165, 1.54) is 17.5 Å². The average molecular weight is 332 g/mol. The van der Waals surface area contributed by atoms with Gasteiger partial charge in [0.05, 0.1) is 12.3 Å². The van der Waals surface area contributed by atoms with Crippen LogP contribution in [0.4, 0.5) is 0 Å². The van der Waals surface area contributed by atoms with Crippen molar-refractivity contribution in [3.8, 4) is 0 Å². The molecule has 124 valence electrons. The first-order chi connectivity index (χ1) is 11.2. The second-order valence-electron chi connectivity index (χ2n) is 6.26. The van der Waals surface area contributed by atoms with Gasteiger partial charge < -0.3 is 10.2 Å². The minimum atomic E-state index is -0.0365. The van der Waals surface area contributed by atoms with Gasteiger partial charge in [0.25, 0.3) is 0 Å². The summed E-state index contributed by atoms with van der Waals surface area (Å²) in [4.78, 5) is 25.8. The number of amides is 2. The molecule has 0 bridgehead atoms. The van der Waals surface area contributed by atoms with Gasteiger partial charge in [0.15, 0.2) is 0 Å². The van der Waals surface area contributed by atoms with E-state index in [0.717, 1.165) is 38.8 Å². The first-order valence-electron chi connectivity index (χ1n) is 8.48. The third kappa shape index (κ3) is 4.28. The fourth-order valence-corrected chi connectivity index (χ4v) is 4.56. The van der Waals surface area contributed by atoms with Gasteiger partial charge in [0.1, 0.15) is 0 Å². The van der Waals surface area contributed by atoms with E-state index in [4.69, 9.17) is 0 Å². The van der Waals surface area contributed by atoms with Crippen molar-refractivity contribution < 1.29 is 9.59 Å². The highest BCUT2D eigenvalue weighted by atomic mass is 32.2. The zero-order valence-corrected chi connectivity index (χ0v) is 14.2. The van der Waals surface area contributed by atoms with Gasteiger partial charge in [-0.05, 0) is 43.2 Å². The normalized spacial score (nSPS) is 20.2. The van der Waals surface area contributed by atoms with Gasteiger partial charge in [-0.3, -0.25) is 9.59 Å². The maximum absolute atomic E-state index is 12.0. The Morgan fingerprint density at radius 1 is 1.17 bits per heavy atom. The lowest BCUT2D eigenvalue weighted by Gasteiger charge is -2.24. The minimum absolute atomic E-state index is 0.0365. The summed E-state index contributed by atoms with van der Waals surface area (Å²) >= 11 is 1.70. The van der Waals surface area contributed by atoms with E-state index in [1.54, 1.807) is 11.8 Å². The molecule has 1 unspecified atom stereocenters. The average Bonchev–Trinajstić information content (AvgIpc) is 3.12. The third-order valence-electron chi connectivity index (χ3n) is 4.63. The van der Waals surface area contributed by atoms with Crippen LogP contribution in [-0.2, 0) is 16.0 Å². The molecule has 3 rings (SSSR count). The predicted molar refractivity (Wildman–Crippen MR) is 93.4 cm³/mol. The third-order valence-corrected chi connectivity index (χ3v) is 5.95. The highest BCUT2D eigenvalue weighted by molar-refractivity contribution is 8.00. The summed E-state index contributed by atoms with van der Waals surface area (Å²) in [7, 11) is 0. The Hall–Kier alpha value is -1.49. The summed E-state index contributed by atoms with van der Waals surface area (Å²) in [5.74, 6) is 0.432. The Bertz CT molecular complexity index is 570. The molecule has 4 nitrogen and oxygen atoms in total. The molecule has 1 aromatic rings. The number of benzene rings is 1. The number of nitrogens with zero attached hydrogens (tertiary/aromatic N) is 1. The fourth-order valence-electron chi connectivity index (χ4n) is 3.36. The van der Waals surface area contributed by atoms with E-state index in [2.05, 4.69) is 29.6 Å². The standard InChI is InChI=1S/C18H24N2O2S/c21-17(19-12-18(22)20-10-3-4-11-20)13-23-16-9-5-7-14-6-1-2-8-15(14)16/h1-2,6,8,16H,3-5,7,9-13H2,(H,19,21). The lowest BCUT2D eigenvalue weighted by atomic mass is 9.91. The van der Waals surface area contributed by atoms with Crippen molar-refractivity contribution in [3.05, 3.63) is 35.4 Å². The number of rotatable bonds is 5. The lowest BCUT2D eigenvalue weighted by molar-refractivity contribution is -0.131. The van der Waals surface area contributed by atoms with Gasteiger partial charge in [-0.25, -0.2) is 0 Å². The number of aryl methyl sites for hydroxylation is 1. The van der Waals surface area contributed by atoms with E-state index < -0.39 is 0 Å². The highest BCUT2D eigenvalue weighted by Crippen LogP contribution is 2.39. The molecule has 1 aliphatic heterocycles. The number of carbonyl (C=O) groups is 2. The molecule has 0 aromatic heterocycles. The molecule has 5 heteroatoms. The van der Waals surface area contributed by atoms with Crippen LogP contribution in [-0.4, -0.2) is 42.1 Å². The van der Waals surface area contributed by atoms with Gasteiger partial charge in [-0.15, -0.1) is 11.8 Å². The van der Waals surface area contributed by atoms with Gasteiger partial charge in [0, 0.05) is 18.3 Å². The van der Waals surface area contributed by atoms with Gasteiger partial charge in [0.2, 0.25) is 11.8 Å². The maximum atomic E-state index is 12.0. The van der Waals surface area contributed by atoms with Gasteiger partial charge in [-0.2, -0.15) is 0 Å². The SMILES string of the molecule is O=C(CSC1CCCc2ccccc21)NCC(=O)N1CCCC1. The Kier molecular flexibility index (Phi) is 5.60. The van der Waals surface area contributed by atoms with E-state index in [0.29, 0.717) is 11.0 Å². The molecule has 23 heavy (non-hydrogen) atoms. The van der Waals surface area contributed by atoms with Crippen LogP contribution in [0, 0.1) is 0 Å². The van der Waals surface area contributed by atoms with Crippen LogP contribution in [0.25, 0.3) is 0 Å². The smallest absolute Gasteiger partial charge is 0.241 e. The van der Waals surface area contributed by atoms with Crippen molar-refractivity contribution in [2.45, 2.75) is 37.4 Å². The summed E-state index contributed by atoms with van der Waals surface area (Å²) in [5.41, 5.74) is 2.80. The van der Waals surface area contributed by atoms with Crippen LogP contribution in [0.2, 0.25) is 0 Å². The van der Waals surface area contributed by atoms with Gasteiger partial charge in [-0.1, -0.05) is 24.3 Å². The number of thioether (sulfide) groups is 1. The zero-order chi connectivity index (χ0) is 16.1. The van der Waals surface area contributed by atoms with Crippen LogP contribution in [0.3, 0.4) is 0 Å². The molecule has 1 fully saturated rings. The quantitative estimate of drug-likeness (QED) is 0.901. The number of hydrogen-bond acceptors (Lipinski definition) is 3. The number of carbonyl (C=O) groups excluding carboxylic acids is 2. The summed E-state index contributed by atoms with van der Waals surface area (Å²) in [6.07, 6.45) is 5.61. The van der Waals surface area contributed by atoms with Crippen LogP contribution < -0.4 is 5.32 Å². The van der Waals surface area contributed by atoms with Crippen LogP contribution >= 0.6 is 11.8 Å². The number of fused-ring (bicyclic) bond motifs is 1. The molecule has 1 saturated heterocycles. The maximum Gasteiger partial charge on any atom is 0.241 e. The first kappa shape index (κ1) is 16.4. The van der Waals surface area contributed by atoms with Crippen molar-refractivity contribution in [1.29, 1.82) is 0 Å². The molecule has 2 amide bonds. The Labute approximate surface area is 142 Å². The molecular formula is C18H24N2O2S. The van der Waals surface area contributed by atoms with E-state index in [9.17, 15) is 9.59 Å². The van der Waals surface area contributed by atoms with Crippen molar-refractivity contribution >= 4 is 23.6 Å². The monoisotopic (exact) mass is 332 g/mol. The molecule has 1 atom stereocenters. The van der Waals surface area contributed by atoms with Crippen molar-refractivity contribution in [2.75, 3.05) is 25.4 Å². The van der Waals surface area contributed by atoms with Crippen LogP contribution in [0.5, 0.6) is 0 Å². The minimum Gasteiger partial charge on any atom is -0.346 e. The van der Waals surface area contributed by atoms with Crippen LogP contribution in [0.1, 0.15) is 42.1 Å². The van der Waals surface area contributed by atoms with Crippen molar-refractivity contribution in [3.63, 3.8) is 0 Å². The summed E-state index contributed by atoms with van der Waals surface area (Å²) < 4.78 is 0. The molecular weight excluding hydrogens is 308 g/mol. The zero-order valence-electron chi connectivity index (χ0n) is 13.4. The van der Waals surface area contributed by atoms with E-state index in [1.807, 2.05) is 4.90 Å². The lowest BCUT2D eigenvalue weighted by Crippen LogP contribution is -2.39. The molecule has 1 aromatic carbocycles. The molecule has 0 spiro atoms. The Morgan fingerprint density at radius 3 is 2.78 bits per heavy atom. The predicted octanol–water partition coefficient (Wildman–Crippen LogP) is 2.54. The fraction of sp³-hybridized carbons (Fsp3) is 0.556. The van der Waals surface area contributed by atoms with Crippen molar-refractivity contribution in [1.82, 2.24) is 10.2 Å².